The minimum Gasteiger partial charge on any atom is -0.357 e. The van der Waals surface area contributed by atoms with E-state index in [1.807, 2.05) is 19.2 Å². The van der Waals surface area contributed by atoms with Crippen molar-refractivity contribution in [3.8, 4) is 0 Å². The van der Waals surface area contributed by atoms with Gasteiger partial charge in [0.15, 0.2) is 0 Å². The van der Waals surface area contributed by atoms with Gasteiger partial charge in [-0.3, -0.25) is 0 Å². The van der Waals surface area contributed by atoms with Gasteiger partial charge in [0.25, 0.3) is 0 Å². The van der Waals surface area contributed by atoms with E-state index in [9.17, 15) is 0 Å². The van der Waals surface area contributed by atoms with Crippen LogP contribution in [0.1, 0.15) is 31.0 Å². The Balaban J connectivity index is 2.59. The predicted octanol–water partition coefficient (Wildman–Crippen LogP) is 3.71. The molecule has 2 N–H and O–H groups in total. The normalized spacial score (nSPS) is 11.6. The van der Waals surface area contributed by atoms with Gasteiger partial charge in [-0.2, -0.15) is 0 Å². The Labute approximate surface area is 107 Å². The minimum absolute atomic E-state index is 0.491. The third-order valence-electron chi connectivity index (χ3n) is 3.13. The maximum atomic E-state index is 6.23. The monoisotopic (exact) mass is 250 g/mol. The largest absolute Gasteiger partial charge is 0.357 e. The number of nitrogens with one attached hydrogen (secondary N) is 2. The van der Waals surface area contributed by atoms with E-state index in [1.165, 1.54) is 16.6 Å². The fourth-order valence-electron chi connectivity index (χ4n) is 2.27. The number of H-pyrrole nitrogens is 1. The molecular formula is C14H19ClN2. The molecule has 0 aliphatic rings. The zero-order chi connectivity index (χ0) is 12.4. The number of fused-ring (bicyclic) bond motifs is 1. The first-order chi connectivity index (χ1) is 8.15. The number of aromatic nitrogens is 1. The van der Waals surface area contributed by atoms with Gasteiger partial charge in [0.1, 0.15) is 0 Å². The molecule has 0 atom stereocenters. The summed E-state index contributed by atoms with van der Waals surface area (Å²) in [5.74, 6) is 0.491. The van der Waals surface area contributed by atoms with Crippen LogP contribution >= 0.6 is 11.6 Å². The number of hydrogen-bond donors (Lipinski definition) is 2. The summed E-state index contributed by atoms with van der Waals surface area (Å²) in [6.07, 6.45) is 1.03. The van der Waals surface area contributed by atoms with Gasteiger partial charge in [0, 0.05) is 11.1 Å². The molecule has 17 heavy (non-hydrogen) atoms. The lowest BCUT2D eigenvalue weighted by Gasteiger charge is -2.07. The van der Waals surface area contributed by atoms with Crippen molar-refractivity contribution >= 4 is 22.5 Å². The molecular weight excluding hydrogens is 232 g/mol. The predicted molar refractivity (Wildman–Crippen MR) is 75.0 cm³/mol. The Kier molecular flexibility index (Phi) is 3.75. The molecule has 0 amide bonds. The number of likely N-dealkylation sites (N-methyl/N-ethyl adjacent to an activating group) is 1. The van der Waals surface area contributed by atoms with Crippen LogP contribution < -0.4 is 5.32 Å². The highest BCUT2D eigenvalue weighted by Gasteiger charge is 2.14. The zero-order valence-electron chi connectivity index (χ0n) is 10.6. The highest BCUT2D eigenvalue weighted by Crippen LogP contribution is 2.31. The van der Waals surface area contributed by atoms with Crippen LogP contribution in [0.2, 0.25) is 5.02 Å². The van der Waals surface area contributed by atoms with Crippen LogP contribution in [-0.2, 0) is 6.42 Å². The van der Waals surface area contributed by atoms with Crippen molar-refractivity contribution in [3.05, 3.63) is 34.5 Å². The molecule has 2 rings (SSSR count). The standard InChI is InChI=1S/C14H19ClN2/c1-9(2)13-11(7-8-16-3)10-5-4-6-12(15)14(10)17-13/h4-6,9,16-17H,7-8H2,1-3H3. The maximum Gasteiger partial charge on any atom is 0.0648 e. The molecule has 92 valence electrons. The summed E-state index contributed by atoms with van der Waals surface area (Å²) in [4.78, 5) is 3.48. The topological polar surface area (TPSA) is 27.8 Å². The number of rotatable bonds is 4. The molecule has 0 saturated heterocycles. The number of halogens is 1. The molecule has 2 aromatic rings. The van der Waals surface area contributed by atoms with Crippen molar-refractivity contribution in [2.24, 2.45) is 0 Å². The van der Waals surface area contributed by atoms with Crippen molar-refractivity contribution in [1.82, 2.24) is 10.3 Å². The smallest absolute Gasteiger partial charge is 0.0648 e. The first kappa shape index (κ1) is 12.5. The lowest BCUT2D eigenvalue weighted by atomic mass is 10.0. The summed E-state index contributed by atoms with van der Waals surface area (Å²) < 4.78 is 0. The van der Waals surface area contributed by atoms with E-state index in [1.54, 1.807) is 0 Å². The first-order valence-electron chi connectivity index (χ1n) is 6.08. The van der Waals surface area contributed by atoms with Crippen LogP contribution in [0.25, 0.3) is 10.9 Å². The van der Waals surface area contributed by atoms with Gasteiger partial charge in [-0.1, -0.05) is 37.6 Å². The average Bonchev–Trinajstić information content (AvgIpc) is 2.67. The highest BCUT2D eigenvalue weighted by molar-refractivity contribution is 6.35. The average molecular weight is 251 g/mol. The molecule has 1 aromatic heterocycles. The Morgan fingerprint density at radius 2 is 2.12 bits per heavy atom. The second kappa shape index (κ2) is 5.11. The lowest BCUT2D eigenvalue weighted by Crippen LogP contribution is -2.11. The summed E-state index contributed by atoms with van der Waals surface area (Å²) in [5, 5.41) is 5.27. The van der Waals surface area contributed by atoms with Crippen molar-refractivity contribution in [2.75, 3.05) is 13.6 Å². The molecule has 3 heteroatoms. The molecule has 0 spiro atoms. The summed E-state index contributed by atoms with van der Waals surface area (Å²) in [5.41, 5.74) is 3.78. The molecule has 0 aliphatic heterocycles. The van der Waals surface area contributed by atoms with Crippen molar-refractivity contribution in [1.29, 1.82) is 0 Å². The van der Waals surface area contributed by atoms with Crippen LogP contribution in [0.3, 0.4) is 0 Å². The molecule has 0 unspecified atom stereocenters. The quantitative estimate of drug-likeness (QED) is 0.851. The van der Waals surface area contributed by atoms with Crippen molar-refractivity contribution in [3.63, 3.8) is 0 Å². The fraction of sp³-hybridized carbons (Fsp3) is 0.429. The van der Waals surface area contributed by atoms with Crippen LogP contribution in [0, 0.1) is 0 Å². The summed E-state index contributed by atoms with van der Waals surface area (Å²) in [6.45, 7) is 5.40. The summed E-state index contributed by atoms with van der Waals surface area (Å²) >= 11 is 6.23. The van der Waals surface area contributed by atoms with Gasteiger partial charge in [-0.05, 0) is 37.6 Å². The molecule has 0 aliphatic carbocycles. The SMILES string of the molecule is CNCCc1c(C(C)C)[nH]c2c(Cl)cccc12. The van der Waals surface area contributed by atoms with Gasteiger partial charge in [0.05, 0.1) is 10.5 Å². The third-order valence-corrected chi connectivity index (χ3v) is 3.44. The van der Waals surface area contributed by atoms with E-state index in [4.69, 9.17) is 11.6 Å². The van der Waals surface area contributed by atoms with E-state index in [-0.39, 0.29) is 0 Å². The van der Waals surface area contributed by atoms with Crippen LogP contribution in [-0.4, -0.2) is 18.6 Å². The minimum atomic E-state index is 0.491. The maximum absolute atomic E-state index is 6.23. The van der Waals surface area contributed by atoms with Crippen molar-refractivity contribution in [2.45, 2.75) is 26.2 Å². The molecule has 0 radical (unpaired) electrons. The van der Waals surface area contributed by atoms with Gasteiger partial charge in [-0.15, -0.1) is 0 Å². The number of aromatic amines is 1. The Morgan fingerprint density at radius 1 is 1.35 bits per heavy atom. The second-order valence-electron chi connectivity index (χ2n) is 4.69. The van der Waals surface area contributed by atoms with Crippen LogP contribution in [0.15, 0.2) is 18.2 Å². The van der Waals surface area contributed by atoms with Gasteiger partial charge < -0.3 is 10.3 Å². The van der Waals surface area contributed by atoms with E-state index >= 15 is 0 Å². The van der Waals surface area contributed by atoms with E-state index < -0.39 is 0 Å². The molecule has 2 nitrogen and oxygen atoms in total. The second-order valence-corrected chi connectivity index (χ2v) is 5.10. The van der Waals surface area contributed by atoms with Gasteiger partial charge >= 0.3 is 0 Å². The molecule has 1 aromatic carbocycles. The summed E-state index contributed by atoms with van der Waals surface area (Å²) in [7, 11) is 1.98. The fourth-order valence-corrected chi connectivity index (χ4v) is 2.49. The Bertz CT molecular complexity index is 514. The number of benzene rings is 1. The number of para-hydroxylation sites is 1. The van der Waals surface area contributed by atoms with E-state index in [2.05, 4.69) is 30.2 Å². The molecule has 0 saturated carbocycles. The number of hydrogen-bond acceptors (Lipinski definition) is 1. The third kappa shape index (κ3) is 2.33. The van der Waals surface area contributed by atoms with Gasteiger partial charge in [0.2, 0.25) is 0 Å². The first-order valence-corrected chi connectivity index (χ1v) is 6.46. The molecule has 0 bridgehead atoms. The summed E-state index contributed by atoms with van der Waals surface area (Å²) in [6, 6.07) is 6.10. The van der Waals surface area contributed by atoms with Crippen molar-refractivity contribution < 1.29 is 0 Å². The highest BCUT2D eigenvalue weighted by atomic mass is 35.5. The van der Waals surface area contributed by atoms with E-state index in [0.29, 0.717) is 5.92 Å². The van der Waals surface area contributed by atoms with E-state index in [0.717, 1.165) is 23.5 Å². The van der Waals surface area contributed by atoms with Crippen LogP contribution in [0.5, 0.6) is 0 Å². The lowest BCUT2D eigenvalue weighted by molar-refractivity contribution is 0.764. The molecule has 0 fully saturated rings. The Hall–Kier alpha value is -0.990. The molecule has 1 heterocycles. The van der Waals surface area contributed by atoms with Crippen LogP contribution in [0.4, 0.5) is 0 Å². The Morgan fingerprint density at radius 3 is 2.76 bits per heavy atom. The van der Waals surface area contributed by atoms with Gasteiger partial charge in [-0.25, -0.2) is 0 Å². The zero-order valence-corrected chi connectivity index (χ0v) is 11.4.